The average Bonchev–Trinajstić information content (AvgIpc) is 3.36. The molecular formula is C30H36ClN7O2. The van der Waals surface area contributed by atoms with E-state index >= 15 is 0 Å². The van der Waals surface area contributed by atoms with E-state index in [9.17, 15) is 4.79 Å². The number of para-hydroxylation sites is 1. The second-order valence-corrected chi connectivity index (χ2v) is 11.6. The van der Waals surface area contributed by atoms with Crippen LogP contribution in [-0.2, 0) is 11.3 Å². The van der Waals surface area contributed by atoms with Gasteiger partial charge in [0, 0.05) is 41.8 Å². The van der Waals surface area contributed by atoms with Crippen molar-refractivity contribution in [1.29, 1.82) is 0 Å². The van der Waals surface area contributed by atoms with E-state index in [1.807, 2.05) is 75.3 Å². The fraction of sp³-hybridized carbons (Fsp3) is 0.400. The Kier molecular flexibility index (Phi) is 8.12. The third kappa shape index (κ3) is 6.47. The molecule has 3 aromatic heterocycles. The van der Waals surface area contributed by atoms with Gasteiger partial charge in [-0.05, 0) is 64.7 Å². The van der Waals surface area contributed by atoms with Gasteiger partial charge in [0.25, 0.3) is 0 Å². The number of rotatable bonds is 7. The van der Waals surface area contributed by atoms with Gasteiger partial charge in [0.15, 0.2) is 0 Å². The van der Waals surface area contributed by atoms with Gasteiger partial charge in [-0.25, -0.2) is 14.8 Å². The van der Waals surface area contributed by atoms with Gasteiger partial charge in [0.05, 0.1) is 41.0 Å². The number of nitrogens with one attached hydrogen (secondary N) is 3. The van der Waals surface area contributed by atoms with Crippen LogP contribution in [0.25, 0.3) is 22.2 Å². The number of hydrogen-bond acceptors (Lipinski definition) is 7. The van der Waals surface area contributed by atoms with Crippen molar-refractivity contribution in [2.45, 2.75) is 70.7 Å². The van der Waals surface area contributed by atoms with E-state index in [1.54, 1.807) is 12.4 Å². The minimum atomic E-state index is -0.596. The minimum Gasteiger partial charge on any atom is -0.444 e. The first-order valence-corrected chi connectivity index (χ1v) is 14.1. The maximum atomic E-state index is 13.4. The van der Waals surface area contributed by atoms with Crippen molar-refractivity contribution in [3.63, 3.8) is 0 Å². The highest BCUT2D eigenvalue weighted by Crippen LogP contribution is 2.33. The van der Waals surface area contributed by atoms with Crippen LogP contribution in [0.3, 0.4) is 0 Å². The first-order valence-electron chi connectivity index (χ1n) is 13.7. The van der Waals surface area contributed by atoms with Gasteiger partial charge in [-0.1, -0.05) is 29.8 Å². The third-order valence-corrected chi connectivity index (χ3v) is 7.36. The number of amides is 1. The number of hydrogen-bond donors (Lipinski definition) is 3. The number of fused-ring (bicyclic) bond motifs is 1. The number of H-pyrrole nitrogens is 1. The standard InChI is InChI=1S/C30H36ClN7O2/c1-30(2,3)40-29(39)38(18-21-13-12-20(32-4)15-33-21)22-9-7-8-19(14-22)36-28-35-17-25(31)27(37-28)24-16-34-26-11-6-5-10-23(24)26/h5-6,10-13,15-17,19,22,32,34H,7-9,14,18H2,1-4H3,(H,35,36,37)/t19-,22+/m1/s1. The van der Waals surface area contributed by atoms with Crippen molar-refractivity contribution in [3.8, 4) is 11.3 Å². The summed E-state index contributed by atoms with van der Waals surface area (Å²) in [6, 6.07) is 12.0. The van der Waals surface area contributed by atoms with E-state index in [-0.39, 0.29) is 18.2 Å². The minimum absolute atomic E-state index is 0.0211. The van der Waals surface area contributed by atoms with Crippen LogP contribution in [0.5, 0.6) is 0 Å². The van der Waals surface area contributed by atoms with Crippen molar-refractivity contribution < 1.29 is 9.53 Å². The van der Waals surface area contributed by atoms with E-state index in [1.165, 1.54) is 0 Å². The van der Waals surface area contributed by atoms with Crippen LogP contribution in [0.1, 0.15) is 52.1 Å². The van der Waals surface area contributed by atoms with Crippen LogP contribution in [-0.4, -0.2) is 55.7 Å². The first kappa shape index (κ1) is 27.7. The molecule has 1 fully saturated rings. The summed E-state index contributed by atoms with van der Waals surface area (Å²) in [6.07, 6.45) is 8.53. The molecule has 0 bridgehead atoms. The fourth-order valence-corrected chi connectivity index (χ4v) is 5.35. The Hall–Kier alpha value is -3.85. The van der Waals surface area contributed by atoms with Gasteiger partial charge in [-0.15, -0.1) is 0 Å². The average molecular weight is 562 g/mol. The number of ether oxygens (including phenoxy) is 1. The highest BCUT2D eigenvalue weighted by atomic mass is 35.5. The second kappa shape index (κ2) is 11.7. The summed E-state index contributed by atoms with van der Waals surface area (Å²) in [5, 5.41) is 8.14. The molecule has 9 nitrogen and oxygen atoms in total. The molecule has 0 radical (unpaired) electrons. The normalized spacial score (nSPS) is 17.4. The smallest absolute Gasteiger partial charge is 0.410 e. The molecule has 0 spiro atoms. The van der Waals surface area contributed by atoms with E-state index in [0.29, 0.717) is 23.2 Å². The molecule has 0 aliphatic heterocycles. The van der Waals surface area contributed by atoms with Gasteiger partial charge in [-0.3, -0.25) is 9.88 Å². The number of benzene rings is 1. The number of anilines is 2. The Morgan fingerprint density at radius 3 is 2.73 bits per heavy atom. The topological polar surface area (TPSA) is 108 Å². The molecule has 40 heavy (non-hydrogen) atoms. The zero-order valence-corrected chi connectivity index (χ0v) is 24.1. The number of carbonyl (C=O) groups excluding carboxylic acids is 1. The number of aromatic amines is 1. The van der Waals surface area contributed by atoms with Gasteiger partial charge in [0.2, 0.25) is 5.95 Å². The lowest BCUT2D eigenvalue weighted by molar-refractivity contribution is 0.00907. The maximum Gasteiger partial charge on any atom is 0.410 e. The molecule has 0 unspecified atom stereocenters. The molecule has 2 atom stereocenters. The third-order valence-electron chi connectivity index (χ3n) is 7.08. The molecule has 10 heteroatoms. The summed E-state index contributed by atoms with van der Waals surface area (Å²) >= 11 is 6.54. The van der Waals surface area contributed by atoms with E-state index in [4.69, 9.17) is 21.3 Å². The summed E-state index contributed by atoms with van der Waals surface area (Å²) in [4.78, 5) is 32.3. The SMILES string of the molecule is CNc1ccc(CN(C(=O)OC(C)(C)C)[C@H]2CCC[C@@H](Nc3ncc(Cl)c(-c4c[nH]c5ccccc45)n3)C2)nc1. The van der Waals surface area contributed by atoms with Crippen LogP contribution in [0.4, 0.5) is 16.4 Å². The van der Waals surface area contributed by atoms with E-state index < -0.39 is 5.60 Å². The van der Waals surface area contributed by atoms with Crippen molar-refractivity contribution in [2.24, 2.45) is 0 Å². The molecule has 0 saturated heterocycles. The highest BCUT2D eigenvalue weighted by molar-refractivity contribution is 6.33. The Bertz CT molecular complexity index is 1470. The van der Waals surface area contributed by atoms with Crippen LogP contribution >= 0.6 is 11.6 Å². The lowest BCUT2D eigenvalue weighted by Gasteiger charge is -2.38. The molecule has 3 N–H and O–H groups in total. The van der Waals surface area contributed by atoms with Crippen LogP contribution in [0, 0.1) is 0 Å². The first-order chi connectivity index (χ1) is 19.2. The summed E-state index contributed by atoms with van der Waals surface area (Å²) in [7, 11) is 1.85. The predicted octanol–water partition coefficient (Wildman–Crippen LogP) is 6.88. The lowest BCUT2D eigenvalue weighted by atomic mass is 9.90. The van der Waals surface area contributed by atoms with Gasteiger partial charge in [-0.2, -0.15) is 0 Å². The summed E-state index contributed by atoms with van der Waals surface area (Å²) in [5.74, 6) is 0.517. The molecule has 1 aliphatic rings. The van der Waals surface area contributed by atoms with Gasteiger partial charge in [0.1, 0.15) is 5.60 Å². The quantitative estimate of drug-likeness (QED) is 0.226. The molecule has 3 heterocycles. The summed E-state index contributed by atoms with van der Waals surface area (Å²) in [5.41, 5.74) is 3.76. The van der Waals surface area contributed by atoms with Crippen LogP contribution in [0.15, 0.2) is 55.0 Å². The monoisotopic (exact) mass is 561 g/mol. The lowest BCUT2D eigenvalue weighted by Crippen LogP contribution is -2.47. The number of carbonyl (C=O) groups is 1. The second-order valence-electron chi connectivity index (χ2n) is 11.2. The van der Waals surface area contributed by atoms with Gasteiger partial charge >= 0.3 is 6.09 Å². The number of aromatic nitrogens is 4. The highest BCUT2D eigenvalue weighted by Gasteiger charge is 2.33. The van der Waals surface area contributed by atoms with Crippen molar-refractivity contribution in [1.82, 2.24) is 24.8 Å². The molecule has 1 aromatic carbocycles. The van der Waals surface area contributed by atoms with Crippen LogP contribution in [0.2, 0.25) is 5.02 Å². The Labute approximate surface area is 239 Å². The molecule has 1 amide bonds. The fourth-order valence-electron chi connectivity index (χ4n) is 5.16. The van der Waals surface area contributed by atoms with Crippen molar-refractivity contribution >= 4 is 40.2 Å². The zero-order valence-electron chi connectivity index (χ0n) is 23.4. The zero-order chi connectivity index (χ0) is 28.3. The Morgan fingerprint density at radius 1 is 1.15 bits per heavy atom. The molecule has 210 valence electrons. The molecule has 4 aromatic rings. The number of nitrogens with zero attached hydrogens (tertiary/aromatic N) is 4. The molecular weight excluding hydrogens is 526 g/mol. The Morgan fingerprint density at radius 2 is 1.98 bits per heavy atom. The largest absolute Gasteiger partial charge is 0.444 e. The molecule has 5 rings (SSSR count). The summed E-state index contributed by atoms with van der Waals surface area (Å²) in [6.45, 7) is 6.03. The van der Waals surface area contributed by atoms with Crippen LogP contribution < -0.4 is 10.6 Å². The van der Waals surface area contributed by atoms with E-state index in [0.717, 1.165) is 53.5 Å². The Balaban J connectivity index is 1.34. The molecule has 1 saturated carbocycles. The summed E-state index contributed by atoms with van der Waals surface area (Å²) < 4.78 is 5.81. The van der Waals surface area contributed by atoms with Gasteiger partial charge < -0.3 is 20.4 Å². The molecule has 1 aliphatic carbocycles. The number of pyridine rings is 1. The maximum absolute atomic E-state index is 13.4. The van der Waals surface area contributed by atoms with Crippen molar-refractivity contribution in [3.05, 3.63) is 65.7 Å². The number of halogens is 1. The van der Waals surface area contributed by atoms with E-state index in [2.05, 4.69) is 25.6 Å². The van der Waals surface area contributed by atoms with Crippen molar-refractivity contribution in [2.75, 3.05) is 17.7 Å². The predicted molar refractivity (Wildman–Crippen MR) is 160 cm³/mol.